The van der Waals surface area contributed by atoms with Crippen LogP contribution in [0.2, 0.25) is 0 Å². The number of unbranched alkanes of at least 4 members (excludes halogenated alkanes) is 1. The number of carboxylic acids is 1. The molecule has 8 heteroatoms. The van der Waals surface area contributed by atoms with Crippen LogP contribution in [0.4, 0.5) is 0 Å². The topological polar surface area (TPSA) is 116 Å². The lowest BCUT2D eigenvalue weighted by Crippen LogP contribution is -2.57. The van der Waals surface area contributed by atoms with E-state index in [-0.39, 0.29) is 23.8 Å². The van der Waals surface area contributed by atoms with Gasteiger partial charge in [-0.2, -0.15) is 0 Å². The summed E-state index contributed by atoms with van der Waals surface area (Å²) in [6.45, 7) is 7.26. The van der Waals surface area contributed by atoms with Crippen molar-refractivity contribution < 1.29 is 29.3 Å². The Morgan fingerprint density at radius 3 is 2.47 bits per heavy atom. The lowest BCUT2D eigenvalue weighted by molar-refractivity contribution is -0.154. The number of aromatic hydroxyl groups is 1. The average molecular weight is 418 g/mol. The summed E-state index contributed by atoms with van der Waals surface area (Å²) in [5.41, 5.74) is -1.70. The van der Waals surface area contributed by atoms with Gasteiger partial charge in [-0.3, -0.25) is 24.6 Å². The molecule has 2 aliphatic heterocycles. The lowest BCUT2D eigenvalue weighted by Gasteiger charge is -2.35. The summed E-state index contributed by atoms with van der Waals surface area (Å²) in [5, 5.41) is 23.3. The first-order valence-corrected chi connectivity index (χ1v) is 10.3. The van der Waals surface area contributed by atoms with Crippen molar-refractivity contribution in [3.05, 3.63) is 23.8 Å². The average Bonchev–Trinajstić information content (AvgIpc) is 3.15. The quantitative estimate of drug-likeness (QED) is 0.608. The number of fused-ring (bicyclic) bond motifs is 1. The van der Waals surface area contributed by atoms with E-state index in [1.165, 1.54) is 18.1 Å². The zero-order valence-corrected chi connectivity index (χ0v) is 18.1. The van der Waals surface area contributed by atoms with Crippen LogP contribution >= 0.6 is 0 Å². The van der Waals surface area contributed by atoms with Crippen LogP contribution in [0, 0.1) is 11.8 Å². The molecule has 8 nitrogen and oxygen atoms in total. The zero-order chi connectivity index (χ0) is 22.4. The maximum atomic E-state index is 13.4. The minimum absolute atomic E-state index is 0.0589. The Labute approximate surface area is 176 Å². The highest BCUT2D eigenvalue weighted by atomic mass is 16.5. The summed E-state index contributed by atoms with van der Waals surface area (Å²) in [5.74, 6) is -3.64. The third kappa shape index (κ3) is 3.23. The fraction of sp³-hybridized carbons (Fsp3) is 0.591. The first kappa shape index (κ1) is 22.1. The molecule has 0 radical (unpaired) electrons. The zero-order valence-electron chi connectivity index (χ0n) is 18.1. The smallest absolute Gasteiger partial charge is 0.324 e. The number of amides is 2. The number of likely N-dealkylation sites (tertiary alicyclic amines) is 1. The van der Waals surface area contributed by atoms with Crippen molar-refractivity contribution in [3.8, 4) is 11.5 Å². The van der Waals surface area contributed by atoms with Crippen molar-refractivity contribution in [3.63, 3.8) is 0 Å². The van der Waals surface area contributed by atoms with Crippen LogP contribution < -0.4 is 10.1 Å². The molecule has 164 valence electrons. The molecule has 2 aliphatic rings. The molecule has 3 N–H and O–H groups in total. The molecule has 1 aromatic rings. The van der Waals surface area contributed by atoms with E-state index in [0.717, 1.165) is 6.42 Å². The van der Waals surface area contributed by atoms with Crippen LogP contribution in [0.3, 0.4) is 0 Å². The SMILES string of the molecule is CCCCC1(C(=O)O)NC(c2ccc(O)c(OC)c2)C2C(=O)N(C(C)(C)C)C(=O)C21. The largest absolute Gasteiger partial charge is 0.504 e. The number of nitrogens with one attached hydrogen (secondary N) is 1. The van der Waals surface area contributed by atoms with Crippen LogP contribution in [0.15, 0.2) is 18.2 Å². The molecule has 2 fully saturated rings. The maximum absolute atomic E-state index is 13.4. The summed E-state index contributed by atoms with van der Waals surface area (Å²) in [4.78, 5) is 40.6. The molecule has 30 heavy (non-hydrogen) atoms. The minimum atomic E-state index is -1.54. The highest BCUT2D eigenvalue weighted by Gasteiger charge is 2.69. The van der Waals surface area contributed by atoms with Gasteiger partial charge in [0.2, 0.25) is 11.8 Å². The molecular weight excluding hydrogens is 388 g/mol. The Morgan fingerprint density at radius 2 is 1.93 bits per heavy atom. The maximum Gasteiger partial charge on any atom is 0.324 e. The van der Waals surface area contributed by atoms with Gasteiger partial charge in [-0.1, -0.05) is 25.8 Å². The molecule has 0 aliphatic carbocycles. The van der Waals surface area contributed by atoms with Crippen LogP contribution in [-0.2, 0) is 14.4 Å². The van der Waals surface area contributed by atoms with E-state index in [0.29, 0.717) is 12.0 Å². The third-order valence-corrected chi connectivity index (χ3v) is 6.19. The number of phenols is 1. The monoisotopic (exact) mass is 418 g/mol. The van der Waals surface area contributed by atoms with Crippen molar-refractivity contribution >= 4 is 17.8 Å². The van der Waals surface area contributed by atoms with Gasteiger partial charge in [0.05, 0.1) is 18.9 Å². The first-order valence-electron chi connectivity index (χ1n) is 10.3. The summed E-state index contributed by atoms with van der Waals surface area (Å²) in [6, 6.07) is 3.96. The number of methoxy groups -OCH3 is 1. The Kier molecular flexibility index (Phi) is 5.58. The fourth-order valence-corrected chi connectivity index (χ4v) is 4.83. The molecular formula is C22H30N2O6. The molecule has 0 bridgehead atoms. The van der Waals surface area contributed by atoms with Crippen LogP contribution in [0.1, 0.15) is 58.6 Å². The van der Waals surface area contributed by atoms with E-state index in [4.69, 9.17) is 4.74 Å². The Bertz CT molecular complexity index is 877. The third-order valence-electron chi connectivity index (χ3n) is 6.19. The minimum Gasteiger partial charge on any atom is -0.504 e. The summed E-state index contributed by atoms with van der Waals surface area (Å²) in [7, 11) is 1.41. The van der Waals surface area contributed by atoms with Gasteiger partial charge in [0.1, 0.15) is 5.54 Å². The Balaban J connectivity index is 2.17. The molecule has 2 amide bonds. The Hall–Kier alpha value is -2.61. The fourth-order valence-electron chi connectivity index (χ4n) is 4.83. The van der Waals surface area contributed by atoms with Gasteiger partial charge in [-0.25, -0.2) is 0 Å². The summed E-state index contributed by atoms with van der Waals surface area (Å²) >= 11 is 0. The molecule has 4 atom stereocenters. The highest BCUT2D eigenvalue weighted by molar-refractivity contribution is 6.10. The second kappa shape index (κ2) is 7.58. The van der Waals surface area contributed by atoms with E-state index >= 15 is 0 Å². The van der Waals surface area contributed by atoms with Crippen molar-refractivity contribution in [1.29, 1.82) is 0 Å². The number of benzene rings is 1. The number of imide groups is 1. The van der Waals surface area contributed by atoms with Crippen molar-refractivity contribution in [2.75, 3.05) is 7.11 Å². The number of ether oxygens (including phenoxy) is 1. The van der Waals surface area contributed by atoms with Crippen molar-refractivity contribution in [2.24, 2.45) is 11.8 Å². The normalized spacial score (nSPS) is 28.7. The van der Waals surface area contributed by atoms with Crippen LogP contribution in [0.25, 0.3) is 0 Å². The predicted molar refractivity (Wildman–Crippen MR) is 109 cm³/mol. The molecule has 2 saturated heterocycles. The number of phenolic OH excluding ortho intramolecular Hbond substituents is 1. The van der Waals surface area contributed by atoms with Gasteiger partial charge in [-0.05, 0) is 44.9 Å². The number of hydrogen-bond donors (Lipinski definition) is 3. The number of rotatable bonds is 6. The van der Waals surface area contributed by atoms with Crippen LogP contribution in [0.5, 0.6) is 11.5 Å². The molecule has 0 saturated carbocycles. The predicted octanol–water partition coefficient (Wildman–Crippen LogP) is 2.46. The molecule has 4 unspecified atom stereocenters. The second-order valence-corrected chi connectivity index (χ2v) is 9.12. The molecule has 0 aromatic heterocycles. The summed E-state index contributed by atoms with van der Waals surface area (Å²) < 4.78 is 5.19. The first-order chi connectivity index (χ1) is 14.0. The van der Waals surface area contributed by atoms with Crippen molar-refractivity contribution in [2.45, 2.75) is 64.1 Å². The molecule has 1 aromatic carbocycles. The number of hydrogen-bond acceptors (Lipinski definition) is 6. The number of carbonyl (C=O) groups is 3. The standard InChI is InChI=1S/C22H30N2O6/c1-6-7-10-22(20(28)29)16-15(18(26)24(19(16)27)21(2,3)4)17(23-22)12-8-9-13(25)14(11-12)30-5/h8-9,11,15-17,23,25H,6-7,10H2,1-5H3,(H,28,29). The number of carboxylic acid groups (broad SMARTS) is 1. The lowest BCUT2D eigenvalue weighted by atomic mass is 9.76. The molecule has 2 heterocycles. The van der Waals surface area contributed by atoms with E-state index < -0.39 is 40.8 Å². The molecule has 3 rings (SSSR count). The van der Waals surface area contributed by atoms with Gasteiger partial charge in [0.15, 0.2) is 11.5 Å². The summed E-state index contributed by atoms with van der Waals surface area (Å²) in [6.07, 6.45) is 1.60. The van der Waals surface area contributed by atoms with Gasteiger partial charge < -0.3 is 14.9 Å². The molecule has 0 spiro atoms. The number of nitrogens with zero attached hydrogens (tertiary/aromatic N) is 1. The number of aliphatic carboxylic acids is 1. The second-order valence-electron chi connectivity index (χ2n) is 9.12. The van der Waals surface area contributed by atoms with E-state index in [1.807, 2.05) is 6.92 Å². The van der Waals surface area contributed by atoms with Crippen molar-refractivity contribution in [1.82, 2.24) is 10.2 Å². The number of carbonyl (C=O) groups excluding carboxylic acids is 2. The highest BCUT2D eigenvalue weighted by Crippen LogP contribution is 2.52. The van der Waals surface area contributed by atoms with Gasteiger partial charge in [-0.15, -0.1) is 0 Å². The van der Waals surface area contributed by atoms with E-state index in [1.54, 1.807) is 32.9 Å². The van der Waals surface area contributed by atoms with Gasteiger partial charge in [0, 0.05) is 11.6 Å². The van der Waals surface area contributed by atoms with Gasteiger partial charge >= 0.3 is 5.97 Å². The van der Waals surface area contributed by atoms with Crippen LogP contribution in [-0.4, -0.2) is 51.1 Å². The van der Waals surface area contributed by atoms with E-state index in [2.05, 4.69) is 5.32 Å². The van der Waals surface area contributed by atoms with E-state index in [9.17, 15) is 24.6 Å². The van der Waals surface area contributed by atoms with Gasteiger partial charge in [0.25, 0.3) is 0 Å². The Morgan fingerprint density at radius 1 is 1.27 bits per heavy atom.